The Hall–Kier alpha value is -3.36. The molecule has 4 rings (SSSR count). The van der Waals surface area contributed by atoms with E-state index >= 15 is 0 Å². The zero-order valence-corrected chi connectivity index (χ0v) is 13.8. The number of rotatable bonds is 3. The number of hydrogen-bond donors (Lipinski definition) is 2. The van der Waals surface area contributed by atoms with E-state index in [4.69, 9.17) is 4.74 Å². The standard InChI is InChI=1S/C18H14F2N2O5/c19-18(20)26-14-6-5-11(8-15(14)27-18)22-17(24)16(23)21-9-12-7-10-3-1-2-4-13(10)25-12/h1-6,8,12H,7,9H2,(H,21,23)(H,22,24). The molecule has 0 bridgehead atoms. The van der Waals surface area contributed by atoms with Gasteiger partial charge in [-0.05, 0) is 23.8 Å². The third-order valence-electron chi connectivity index (χ3n) is 4.07. The van der Waals surface area contributed by atoms with Crippen LogP contribution >= 0.6 is 0 Å². The Kier molecular flexibility index (Phi) is 4.06. The Bertz CT molecular complexity index is 893. The fraction of sp³-hybridized carbons (Fsp3) is 0.222. The lowest BCUT2D eigenvalue weighted by atomic mass is 10.1. The second-order valence-corrected chi connectivity index (χ2v) is 6.04. The molecule has 0 saturated heterocycles. The summed E-state index contributed by atoms with van der Waals surface area (Å²) in [5.74, 6) is -1.41. The van der Waals surface area contributed by atoms with Crippen LogP contribution in [0, 0.1) is 0 Å². The van der Waals surface area contributed by atoms with Crippen LogP contribution in [0.5, 0.6) is 17.2 Å². The van der Waals surface area contributed by atoms with Crippen LogP contribution in [0.3, 0.4) is 0 Å². The van der Waals surface area contributed by atoms with Gasteiger partial charge in [0.1, 0.15) is 11.9 Å². The van der Waals surface area contributed by atoms with Crippen LogP contribution in [0.1, 0.15) is 5.56 Å². The second-order valence-electron chi connectivity index (χ2n) is 6.04. The number of para-hydroxylation sites is 1. The average Bonchev–Trinajstić information content (AvgIpc) is 3.17. The van der Waals surface area contributed by atoms with Gasteiger partial charge in [0.25, 0.3) is 0 Å². The normalized spacial score (nSPS) is 18.4. The first-order valence-electron chi connectivity index (χ1n) is 8.13. The zero-order valence-electron chi connectivity index (χ0n) is 13.8. The molecule has 2 aromatic rings. The van der Waals surface area contributed by atoms with E-state index in [-0.39, 0.29) is 29.8 Å². The number of anilines is 1. The van der Waals surface area contributed by atoms with Crippen LogP contribution < -0.4 is 24.8 Å². The molecule has 1 atom stereocenters. The Balaban J connectivity index is 1.30. The number of carbonyl (C=O) groups excluding carboxylic acids is 2. The summed E-state index contributed by atoms with van der Waals surface area (Å²) in [5, 5.41) is 4.81. The van der Waals surface area contributed by atoms with Crippen molar-refractivity contribution >= 4 is 17.5 Å². The zero-order chi connectivity index (χ0) is 19.0. The molecular formula is C18H14F2N2O5. The number of carbonyl (C=O) groups is 2. The van der Waals surface area contributed by atoms with E-state index in [0.29, 0.717) is 6.42 Å². The van der Waals surface area contributed by atoms with Gasteiger partial charge in [0.2, 0.25) is 0 Å². The number of fused-ring (bicyclic) bond motifs is 2. The van der Waals surface area contributed by atoms with Gasteiger partial charge in [0, 0.05) is 18.2 Å². The van der Waals surface area contributed by atoms with Gasteiger partial charge in [-0.15, -0.1) is 8.78 Å². The highest BCUT2D eigenvalue weighted by molar-refractivity contribution is 6.39. The predicted molar refractivity (Wildman–Crippen MR) is 88.8 cm³/mol. The van der Waals surface area contributed by atoms with Gasteiger partial charge in [-0.1, -0.05) is 18.2 Å². The molecule has 9 heteroatoms. The molecule has 0 aromatic heterocycles. The Morgan fingerprint density at radius 2 is 1.81 bits per heavy atom. The highest BCUT2D eigenvalue weighted by atomic mass is 19.3. The fourth-order valence-corrected chi connectivity index (χ4v) is 2.87. The lowest BCUT2D eigenvalue weighted by Gasteiger charge is -2.12. The molecule has 140 valence electrons. The van der Waals surface area contributed by atoms with Crippen molar-refractivity contribution < 1.29 is 32.6 Å². The Morgan fingerprint density at radius 3 is 2.63 bits per heavy atom. The third kappa shape index (κ3) is 3.62. The van der Waals surface area contributed by atoms with E-state index in [0.717, 1.165) is 17.4 Å². The average molecular weight is 376 g/mol. The van der Waals surface area contributed by atoms with Gasteiger partial charge >= 0.3 is 18.1 Å². The van der Waals surface area contributed by atoms with Crippen molar-refractivity contribution in [2.45, 2.75) is 18.8 Å². The molecule has 7 nitrogen and oxygen atoms in total. The summed E-state index contributed by atoms with van der Waals surface area (Å²) in [7, 11) is 0. The van der Waals surface area contributed by atoms with Gasteiger partial charge in [-0.25, -0.2) is 0 Å². The van der Waals surface area contributed by atoms with E-state index in [1.807, 2.05) is 24.3 Å². The molecule has 2 N–H and O–H groups in total. The van der Waals surface area contributed by atoms with Crippen LogP contribution in [-0.2, 0) is 16.0 Å². The van der Waals surface area contributed by atoms with Gasteiger partial charge in [0.15, 0.2) is 11.5 Å². The molecule has 2 heterocycles. The summed E-state index contributed by atoms with van der Waals surface area (Å²) >= 11 is 0. The summed E-state index contributed by atoms with van der Waals surface area (Å²) in [6.07, 6.45) is -3.37. The van der Waals surface area contributed by atoms with Crippen molar-refractivity contribution in [1.82, 2.24) is 5.32 Å². The minimum atomic E-state index is -3.75. The topological polar surface area (TPSA) is 85.9 Å². The van der Waals surface area contributed by atoms with Gasteiger partial charge in [0.05, 0.1) is 6.54 Å². The van der Waals surface area contributed by atoms with Crippen molar-refractivity contribution in [3.63, 3.8) is 0 Å². The molecule has 2 aromatic carbocycles. The number of ether oxygens (including phenoxy) is 3. The first kappa shape index (κ1) is 17.1. The maximum atomic E-state index is 13.0. The van der Waals surface area contributed by atoms with Crippen molar-refractivity contribution in [2.75, 3.05) is 11.9 Å². The largest absolute Gasteiger partial charge is 0.586 e. The molecule has 2 aliphatic rings. The van der Waals surface area contributed by atoms with Crippen LogP contribution in [0.15, 0.2) is 42.5 Å². The molecule has 0 aliphatic carbocycles. The molecule has 0 spiro atoms. The number of alkyl halides is 2. The molecule has 2 amide bonds. The number of benzene rings is 2. The maximum absolute atomic E-state index is 13.0. The van der Waals surface area contributed by atoms with E-state index in [1.165, 1.54) is 12.1 Å². The summed E-state index contributed by atoms with van der Waals surface area (Å²) in [6, 6.07) is 11.2. The highest BCUT2D eigenvalue weighted by Crippen LogP contribution is 2.42. The molecule has 2 aliphatic heterocycles. The van der Waals surface area contributed by atoms with Crippen LogP contribution in [0.25, 0.3) is 0 Å². The smallest absolute Gasteiger partial charge is 0.488 e. The maximum Gasteiger partial charge on any atom is 0.586 e. The first-order valence-corrected chi connectivity index (χ1v) is 8.13. The SMILES string of the molecule is O=C(NCC1Cc2ccccc2O1)C(=O)Nc1ccc2c(c1)OC(F)(F)O2. The monoisotopic (exact) mass is 376 g/mol. The number of amides is 2. The van der Waals surface area contributed by atoms with Gasteiger partial charge in [-0.3, -0.25) is 9.59 Å². The molecular weight excluding hydrogens is 362 g/mol. The summed E-state index contributed by atoms with van der Waals surface area (Å²) in [4.78, 5) is 23.9. The number of hydrogen-bond acceptors (Lipinski definition) is 5. The lowest BCUT2D eigenvalue weighted by molar-refractivity contribution is -0.286. The summed E-state index contributed by atoms with van der Waals surface area (Å²) in [6.45, 7) is 0.161. The molecule has 0 saturated carbocycles. The molecule has 0 radical (unpaired) electrons. The first-order chi connectivity index (χ1) is 12.9. The third-order valence-corrected chi connectivity index (χ3v) is 4.07. The second kappa shape index (κ2) is 6.42. The summed E-state index contributed by atoms with van der Waals surface area (Å²) in [5.41, 5.74) is 1.16. The van der Waals surface area contributed by atoms with E-state index in [9.17, 15) is 18.4 Å². The van der Waals surface area contributed by atoms with Crippen molar-refractivity contribution in [3.05, 3.63) is 48.0 Å². The van der Waals surface area contributed by atoms with E-state index in [2.05, 4.69) is 20.1 Å². The van der Waals surface area contributed by atoms with E-state index in [1.54, 1.807) is 0 Å². The quantitative estimate of drug-likeness (QED) is 0.801. The minimum Gasteiger partial charge on any atom is -0.488 e. The fourth-order valence-electron chi connectivity index (χ4n) is 2.87. The Labute approximate surface area is 152 Å². The molecule has 0 fully saturated rings. The van der Waals surface area contributed by atoms with Crippen LogP contribution in [0.2, 0.25) is 0 Å². The van der Waals surface area contributed by atoms with Gasteiger partial charge in [-0.2, -0.15) is 0 Å². The Morgan fingerprint density at radius 1 is 1.04 bits per heavy atom. The molecule has 1 unspecified atom stereocenters. The van der Waals surface area contributed by atoms with Crippen molar-refractivity contribution in [3.8, 4) is 17.2 Å². The summed E-state index contributed by atoms with van der Waals surface area (Å²) < 4.78 is 40.2. The lowest BCUT2D eigenvalue weighted by Crippen LogP contribution is -2.40. The number of halogens is 2. The van der Waals surface area contributed by atoms with Crippen LogP contribution in [-0.4, -0.2) is 30.8 Å². The highest BCUT2D eigenvalue weighted by Gasteiger charge is 2.43. The van der Waals surface area contributed by atoms with Gasteiger partial charge < -0.3 is 24.8 Å². The van der Waals surface area contributed by atoms with Crippen molar-refractivity contribution in [1.29, 1.82) is 0 Å². The molecule has 27 heavy (non-hydrogen) atoms. The van der Waals surface area contributed by atoms with Crippen LogP contribution in [0.4, 0.5) is 14.5 Å². The minimum absolute atomic E-state index is 0.125. The number of nitrogens with one attached hydrogen (secondary N) is 2. The van der Waals surface area contributed by atoms with Crippen molar-refractivity contribution in [2.24, 2.45) is 0 Å². The van der Waals surface area contributed by atoms with E-state index < -0.39 is 18.1 Å². The predicted octanol–water partition coefficient (Wildman–Crippen LogP) is 2.07.